The van der Waals surface area contributed by atoms with Crippen molar-refractivity contribution >= 4 is 29.1 Å². The summed E-state index contributed by atoms with van der Waals surface area (Å²) in [5.41, 5.74) is 11.7. The molecule has 0 radical (unpaired) electrons. The molecule has 0 saturated carbocycles. The molecule has 0 saturated heterocycles. The molecule has 0 aliphatic heterocycles. The normalized spacial score (nSPS) is 12.3. The van der Waals surface area contributed by atoms with Crippen LogP contribution in [-0.4, -0.2) is 18.5 Å². The summed E-state index contributed by atoms with van der Waals surface area (Å²) >= 11 is 11.8. The van der Waals surface area contributed by atoms with Crippen LogP contribution in [-0.2, 0) is 11.3 Å². The minimum absolute atomic E-state index is 0.430. The van der Waals surface area contributed by atoms with Gasteiger partial charge in [-0.15, -0.1) is 0 Å². The third-order valence-corrected chi connectivity index (χ3v) is 3.42. The Morgan fingerprint density at radius 1 is 1.15 bits per heavy atom. The number of amides is 1. The van der Waals surface area contributed by atoms with Gasteiger partial charge in [-0.2, -0.15) is 0 Å². The summed E-state index contributed by atoms with van der Waals surface area (Å²) in [5, 5.41) is 4.62. The smallest absolute Gasteiger partial charge is 0.234 e. The van der Waals surface area contributed by atoms with Gasteiger partial charge < -0.3 is 16.8 Å². The van der Waals surface area contributed by atoms with Crippen LogP contribution in [0.5, 0.6) is 0 Å². The van der Waals surface area contributed by atoms with Crippen molar-refractivity contribution in [3.8, 4) is 0 Å². The Morgan fingerprint density at radius 2 is 1.80 bits per heavy atom. The van der Waals surface area contributed by atoms with Gasteiger partial charge in [-0.3, -0.25) is 4.79 Å². The lowest BCUT2D eigenvalue weighted by molar-refractivity contribution is -0.119. The first-order chi connectivity index (χ1) is 9.49. The summed E-state index contributed by atoms with van der Waals surface area (Å²) in [4.78, 5) is 10.7. The van der Waals surface area contributed by atoms with Crippen molar-refractivity contribution in [1.82, 2.24) is 5.32 Å². The maximum atomic E-state index is 10.7. The Morgan fingerprint density at radius 3 is 2.40 bits per heavy atom. The maximum absolute atomic E-state index is 10.7. The molecule has 6 heteroatoms. The molecule has 1 rings (SSSR count). The molecular formula is C14H21Cl2N3O. The average molecular weight is 318 g/mol. The van der Waals surface area contributed by atoms with Gasteiger partial charge in [-0.25, -0.2) is 0 Å². The van der Waals surface area contributed by atoms with E-state index < -0.39 is 11.9 Å². The first-order valence-corrected chi connectivity index (χ1v) is 7.45. The molecule has 0 bridgehead atoms. The van der Waals surface area contributed by atoms with E-state index in [2.05, 4.69) is 5.32 Å². The molecule has 5 N–H and O–H groups in total. The van der Waals surface area contributed by atoms with Crippen molar-refractivity contribution in [3.05, 3.63) is 33.8 Å². The Kier molecular flexibility index (Phi) is 7.92. The second kappa shape index (κ2) is 9.19. The van der Waals surface area contributed by atoms with Gasteiger partial charge in [0.2, 0.25) is 5.91 Å². The average Bonchev–Trinajstić information content (AvgIpc) is 2.36. The number of rotatable bonds is 9. The van der Waals surface area contributed by atoms with E-state index in [1.54, 1.807) is 6.07 Å². The summed E-state index contributed by atoms with van der Waals surface area (Å²) in [6.07, 6.45) is 3.61. The summed E-state index contributed by atoms with van der Waals surface area (Å²) in [6.45, 7) is 1.64. The van der Waals surface area contributed by atoms with E-state index in [-0.39, 0.29) is 0 Å². The van der Waals surface area contributed by atoms with Gasteiger partial charge in [0.1, 0.15) is 0 Å². The van der Waals surface area contributed by atoms with Crippen molar-refractivity contribution in [2.75, 3.05) is 6.54 Å². The van der Waals surface area contributed by atoms with Gasteiger partial charge in [-0.1, -0.05) is 36.0 Å². The molecule has 0 heterocycles. The van der Waals surface area contributed by atoms with E-state index in [1.165, 1.54) is 0 Å². The molecule has 1 amide bonds. The van der Waals surface area contributed by atoms with Gasteiger partial charge in [0, 0.05) is 16.6 Å². The first-order valence-electron chi connectivity index (χ1n) is 6.69. The second-order valence-electron chi connectivity index (χ2n) is 4.81. The molecule has 112 valence electrons. The van der Waals surface area contributed by atoms with E-state index in [0.717, 1.165) is 37.9 Å². The van der Waals surface area contributed by atoms with Gasteiger partial charge in [0.05, 0.1) is 6.04 Å². The molecule has 1 aromatic rings. The lowest BCUT2D eigenvalue weighted by Gasteiger charge is -2.08. The van der Waals surface area contributed by atoms with E-state index in [4.69, 9.17) is 34.7 Å². The van der Waals surface area contributed by atoms with Gasteiger partial charge in [-0.05, 0) is 43.1 Å². The predicted molar refractivity (Wildman–Crippen MR) is 83.8 cm³/mol. The molecule has 0 spiro atoms. The Bertz CT molecular complexity index is 420. The van der Waals surface area contributed by atoms with E-state index in [9.17, 15) is 4.79 Å². The zero-order chi connectivity index (χ0) is 15.0. The summed E-state index contributed by atoms with van der Waals surface area (Å²) in [7, 11) is 0. The fraction of sp³-hybridized carbons (Fsp3) is 0.500. The van der Waals surface area contributed by atoms with Crippen molar-refractivity contribution in [3.63, 3.8) is 0 Å². The second-order valence-corrected chi connectivity index (χ2v) is 5.69. The zero-order valence-corrected chi connectivity index (χ0v) is 12.9. The highest BCUT2D eigenvalue weighted by Crippen LogP contribution is 2.18. The lowest BCUT2D eigenvalue weighted by atomic mass is 10.1. The molecule has 1 atom stereocenters. The highest BCUT2D eigenvalue weighted by molar-refractivity contribution is 6.34. The number of halogens is 2. The van der Waals surface area contributed by atoms with Crippen LogP contribution < -0.4 is 16.8 Å². The van der Waals surface area contributed by atoms with E-state index in [1.807, 2.05) is 12.1 Å². The topological polar surface area (TPSA) is 81.1 Å². The van der Waals surface area contributed by atoms with Gasteiger partial charge in [0.15, 0.2) is 0 Å². The zero-order valence-electron chi connectivity index (χ0n) is 11.4. The molecule has 0 aromatic heterocycles. The van der Waals surface area contributed by atoms with Crippen LogP contribution in [0, 0.1) is 0 Å². The summed E-state index contributed by atoms with van der Waals surface area (Å²) in [5.74, 6) is -0.430. The third kappa shape index (κ3) is 7.10. The maximum Gasteiger partial charge on any atom is 0.234 e. The van der Waals surface area contributed by atoms with Crippen LogP contribution in [0.2, 0.25) is 10.0 Å². The monoisotopic (exact) mass is 317 g/mol. The number of benzene rings is 1. The number of carbonyl (C=O) groups excluding carboxylic acids is 1. The lowest BCUT2D eigenvalue weighted by Crippen LogP contribution is -2.36. The number of nitrogens with one attached hydrogen (secondary N) is 1. The molecule has 4 nitrogen and oxygen atoms in total. The molecule has 1 aromatic carbocycles. The number of primary amides is 1. The summed E-state index contributed by atoms with van der Waals surface area (Å²) in [6, 6.07) is 4.99. The molecule has 0 fully saturated rings. The minimum atomic E-state index is -0.517. The molecule has 0 aliphatic rings. The Hall–Kier alpha value is -0.810. The minimum Gasteiger partial charge on any atom is -0.368 e. The number of carbonyl (C=O) groups is 1. The fourth-order valence-corrected chi connectivity index (χ4v) is 2.45. The Labute approximate surface area is 129 Å². The third-order valence-electron chi connectivity index (χ3n) is 2.99. The van der Waals surface area contributed by atoms with Crippen molar-refractivity contribution in [2.24, 2.45) is 11.5 Å². The molecule has 20 heavy (non-hydrogen) atoms. The summed E-state index contributed by atoms with van der Waals surface area (Å²) < 4.78 is 0. The SMILES string of the molecule is NC(=O)C(N)CCCCCNCc1cc(Cl)cc(Cl)c1. The van der Waals surface area contributed by atoms with Crippen LogP contribution in [0.1, 0.15) is 31.2 Å². The Balaban J connectivity index is 2.09. The quantitative estimate of drug-likeness (QED) is 0.612. The van der Waals surface area contributed by atoms with Crippen LogP contribution in [0.15, 0.2) is 18.2 Å². The van der Waals surface area contributed by atoms with Crippen molar-refractivity contribution in [1.29, 1.82) is 0 Å². The largest absolute Gasteiger partial charge is 0.368 e. The predicted octanol–water partition coefficient (Wildman–Crippen LogP) is 2.46. The van der Waals surface area contributed by atoms with Crippen molar-refractivity contribution < 1.29 is 4.79 Å². The molecular weight excluding hydrogens is 297 g/mol. The number of hydrogen-bond acceptors (Lipinski definition) is 3. The van der Waals surface area contributed by atoms with Gasteiger partial charge in [0.25, 0.3) is 0 Å². The standard InChI is InChI=1S/C14H21Cl2N3O/c15-11-6-10(7-12(16)8-11)9-19-5-3-1-2-4-13(17)14(18)20/h6-8,13,19H,1-5,9,17H2,(H2,18,20). The van der Waals surface area contributed by atoms with Crippen molar-refractivity contribution in [2.45, 2.75) is 38.3 Å². The highest BCUT2D eigenvalue weighted by atomic mass is 35.5. The van der Waals surface area contributed by atoms with Gasteiger partial charge >= 0.3 is 0 Å². The van der Waals surface area contributed by atoms with Crippen LogP contribution in [0.3, 0.4) is 0 Å². The fourth-order valence-electron chi connectivity index (χ4n) is 1.88. The van der Waals surface area contributed by atoms with E-state index in [0.29, 0.717) is 16.5 Å². The van der Waals surface area contributed by atoms with Crippen LogP contribution in [0.25, 0.3) is 0 Å². The highest BCUT2D eigenvalue weighted by Gasteiger charge is 2.07. The molecule has 1 unspecified atom stereocenters. The number of nitrogens with two attached hydrogens (primary N) is 2. The first kappa shape index (κ1) is 17.2. The number of hydrogen-bond donors (Lipinski definition) is 3. The number of unbranched alkanes of at least 4 members (excludes halogenated alkanes) is 2. The van der Waals surface area contributed by atoms with E-state index >= 15 is 0 Å². The van der Waals surface area contributed by atoms with Crippen LogP contribution in [0.4, 0.5) is 0 Å². The molecule has 0 aliphatic carbocycles. The van der Waals surface area contributed by atoms with Crippen LogP contribution >= 0.6 is 23.2 Å².